The zero-order valence-electron chi connectivity index (χ0n) is 9.98. The second-order valence-corrected chi connectivity index (χ2v) is 3.72. The molecule has 0 aliphatic carbocycles. The van der Waals surface area contributed by atoms with Crippen LogP contribution in [0.2, 0.25) is 0 Å². The van der Waals surface area contributed by atoms with Crippen LogP contribution < -0.4 is 4.74 Å². The predicted molar refractivity (Wildman–Crippen MR) is 63.1 cm³/mol. The number of benzene rings is 1. The SMILES string of the molecule is Cn1cc(COc2ccc(C#N)cc2[N+](=O)[O-])nn1. The molecule has 2 rings (SSSR count). The van der Waals surface area contributed by atoms with E-state index in [0.29, 0.717) is 5.69 Å². The van der Waals surface area contributed by atoms with E-state index in [-0.39, 0.29) is 23.6 Å². The number of nitrogens with zero attached hydrogens (tertiary/aromatic N) is 5. The third-order valence-electron chi connectivity index (χ3n) is 2.31. The molecule has 0 saturated heterocycles. The Kier molecular flexibility index (Phi) is 3.38. The van der Waals surface area contributed by atoms with E-state index >= 15 is 0 Å². The number of aromatic nitrogens is 3. The second-order valence-electron chi connectivity index (χ2n) is 3.72. The van der Waals surface area contributed by atoms with Gasteiger partial charge in [-0.15, -0.1) is 5.10 Å². The summed E-state index contributed by atoms with van der Waals surface area (Å²) in [5, 5.41) is 27.1. The Labute approximate surface area is 108 Å². The van der Waals surface area contributed by atoms with E-state index in [1.165, 1.54) is 22.9 Å². The van der Waals surface area contributed by atoms with Gasteiger partial charge in [0.05, 0.1) is 22.8 Å². The lowest BCUT2D eigenvalue weighted by Gasteiger charge is -2.04. The summed E-state index contributed by atoms with van der Waals surface area (Å²) in [5.41, 5.74) is 0.516. The van der Waals surface area contributed by atoms with E-state index in [1.807, 2.05) is 6.07 Å². The third kappa shape index (κ3) is 2.84. The Morgan fingerprint density at radius 1 is 1.58 bits per heavy atom. The van der Waals surface area contributed by atoms with E-state index in [1.54, 1.807) is 13.2 Å². The topological polar surface area (TPSA) is 107 Å². The van der Waals surface area contributed by atoms with Gasteiger partial charge in [-0.3, -0.25) is 14.8 Å². The third-order valence-corrected chi connectivity index (χ3v) is 2.31. The Morgan fingerprint density at radius 2 is 2.37 bits per heavy atom. The maximum Gasteiger partial charge on any atom is 0.312 e. The van der Waals surface area contributed by atoms with Crippen molar-refractivity contribution < 1.29 is 9.66 Å². The second kappa shape index (κ2) is 5.14. The van der Waals surface area contributed by atoms with Crippen LogP contribution in [0.25, 0.3) is 0 Å². The molecule has 0 radical (unpaired) electrons. The van der Waals surface area contributed by atoms with Crippen molar-refractivity contribution in [2.45, 2.75) is 6.61 Å². The van der Waals surface area contributed by atoms with Crippen LogP contribution >= 0.6 is 0 Å². The minimum atomic E-state index is -0.590. The predicted octanol–water partition coefficient (Wildman–Crippen LogP) is 1.17. The number of hydrogen-bond donors (Lipinski definition) is 0. The minimum Gasteiger partial charge on any atom is -0.480 e. The van der Waals surface area contributed by atoms with Gasteiger partial charge in [-0.25, -0.2) is 0 Å². The summed E-state index contributed by atoms with van der Waals surface area (Å²) >= 11 is 0. The molecular weight excluding hydrogens is 250 g/mol. The molecule has 2 aromatic rings. The summed E-state index contributed by atoms with van der Waals surface area (Å²) in [7, 11) is 1.71. The van der Waals surface area contributed by atoms with Crippen molar-refractivity contribution in [3.8, 4) is 11.8 Å². The lowest BCUT2D eigenvalue weighted by atomic mass is 10.2. The maximum absolute atomic E-state index is 10.9. The van der Waals surface area contributed by atoms with E-state index < -0.39 is 4.92 Å². The van der Waals surface area contributed by atoms with Crippen LogP contribution in [0.4, 0.5) is 5.69 Å². The normalized spacial score (nSPS) is 9.89. The standard InChI is InChI=1S/C11H9N5O3/c1-15-6-9(13-14-15)7-19-11-3-2-8(5-12)4-10(11)16(17)18/h2-4,6H,7H2,1H3. The Balaban J connectivity index is 2.20. The summed E-state index contributed by atoms with van der Waals surface area (Å²) in [6.45, 7) is 0.0700. The molecule has 0 N–H and O–H groups in total. The van der Waals surface area contributed by atoms with Gasteiger partial charge >= 0.3 is 5.69 Å². The van der Waals surface area contributed by atoms with Gasteiger partial charge in [-0.1, -0.05) is 5.21 Å². The summed E-state index contributed by atoms with van der Waals surface area (Å²) in [6.07, 6.45) is 1.65. The lowest BCUT2D eigenvalue weighted by molar-refractivity contribution is -0.386. The van der Waals surface area contributed by atoms with Crippen LogP contribution in [-0.4, -0.2) is 19.9 Å². The van der Waals surface area contributed by atoms with Gasteiger partial charge < -0.3 is 4.74 Å². The molecular formula is C11H9N5O3. The first-order chi connectivity index (χ1) is 9.10. The Morgan fingerprint density at radius 3 is 2.95 bits per heavy atom. The number of nitro groups is 1. The van der Waals surface area contributed by atoms with E-state index in [4.69, 9.17) is 10.00 Å². The smallest absolute Gasteiger partial charge is 0.312 e. The van der Waals surface area contributed by atoms with E-state index in [9.17, 15) is 10.1 Å². The number of rotatable bonds is 4. The molecule has 0 aliphatic heterocycles. The van der Waals surface area contributed by atoms with Crippen LogP contribution in [0.5, 0.6) is 5.75 Å². The van der Waals surface area contributed by atoms with Gasteiger partial charge in [-0.2, -0.15) is 5.26 Å². The molecule has 0 spiro atoms. The molecule has 1 heterocycles. The molecule has 0 unspecified atom stereocenters. The first kappa shape index (κ1) is 12.5. The zero-order valence-corrected chi connectivity index (χ0v) is 9.98. The molecule has 1 aromatic heterocycles. The van der Waals surface area contributed by atoms with Gasteiger partial charge in [0.25, 0.3) is 0 Å². The van der Waals surface area contributed by atoms with Crippen LogP contribution in [0.3, 0.4) is 0 Å². The summed E-state index contributed by atoms with van der Waals surface area (Å²) in [6, 6.07) is 5.87. The molecule has 0 atom stereocenters. The molecule has 8 nitrogen and oxygen atoms in total. The number of nitriles is 1. The summed E-state index contributed by atoms with van der Waals surface area (Å²) < 4.78 is 6.84. The fraction of sp³-hybridized carbons (Fsp3) is 0.182. The summed E-state index contributed by atoms with van der Waals surface area (Å²) in [5.74, 6) is 0.0923. The van der Waals surface area contributed by atoms with Gasteiger partial charge in [0.1, 0.15) is 12.3 Å². The first-order valence-corrected chi connectivity index (χ1v) is 5.26. The van der Waals surface area contributed by atoms with Gasteiger partial charge in [0.15, 0.2) is 5.75 Å². The largest absolute Gasteiger partial charge is 0.480 e. The molecule has 0 aliphatic rings. The number of nitro benzene ring substituents is 1. The minimum absolute atomic E-state index is 0.0700. The Bertz CT molecular complexity index is 659. The number of ether oxygens (including phenoxy) is 1. The number of hydrogen-bond acceptors (Lipinski definition) is 6. The van der Waals surface area contributed by atoms with Crippen LogP contribution in [0.1, 0.15) is 11.3 Å². The van der Waals surface area contributed by atoms with Gasteiger partial charge in [0, 0.05) is 13.1 Å². The van der Waals surface area contributed by atoms with Crippen molar-refractivity contribution in [2.75, 3.05) is 0 Å². The fourth-order valence-electron chi connectivity index (χ4n) is 1.46. The highest BCUT2D eigenvalue weighted by Crippen LogP contribution is 2.28. The van der Waals surface area contributed by atoms with Gasteiger partial charge in [0.2, 0.25) is 0 Å². The van der Waals surface area contributed by atoms with Crippen LogP contribution in [0, 0.1) is 21.4 Å². The molecule has 0 saturated carbocycles. The molecule has 0 amide bonds. The van der Waals surface area contributed by atoms with Crippen LogP contribution in [-0.2, 0) is 13.7 Å². The summed E-state index contributed by atoms with van der Waals surface area (Å²) in [4.78, 5) is 10.3. The molecule has 0 bridgehead atoms. The quantitative estimate of drug-likeness (QED) is 0.602. The molecule has 19 heavy (non-hydrogen) atoms. The van der Waals surface area contributed by atoms with Crippen molar-refractivity contribution in [1.29, 1.82) is 5.26 Å². The highest BCUT2D eigenvalue weighted by molar-refractivity contribution is 5.51. The van der Waals surface area contributed by atoms with Crippen LogP contribution in [0.15, 0.2) is 24.4 Å². The van der Waals surface area contributed by atoms with Crippen molar-refractivity contribution in [1.82, 2.24) is 15.0 Å². The monoisotopic (exact) mass is 259 g/mol. The van der Waals surface area contributed by atoms with E-state index in [2.05, 4.69) is 10.3 Å². The van der Waals surface area contributed by atoms with E-state index in [0.717, 1.165) is 0 Å². The first-order valence-electron chi connectivity index (χ1n) is 5.26. The Hall–Kier alpha value is -2.95. The average Bonchev–Trinajstić information content (AvgIpc) is 2.82. The number of aryl methyl sites for hydroxylation is 1. The maximum atomic E-state index is 10.9. The molecule has 96 valence electrons. The highest BCUT2D eigenvalue weighted by Gasteiger charge is 2.16. The van der Waals surface area contributed by atoms with Crippen molar-refractivity contribution in [3.05, 3.63) is 45.8 Å². The molecule has 8 heteroatoms. The fourth-order valence-corrected chi connectivity index (χ4v) is 1.46. The van der Waals surface area contributed by atoms with Crippen molar-refractivity contribution in [3.63, 3.8) is 0 Å². The lowest BCUT2D eigenvalue weighted by Crippen LogP contribution is -2.00. The van der Waals surface area contributed by atoms with Crippen molar-refractivity contribution >= 4 is 5.69 Å². The average molecular weight is 259 g/mol. The molecule has 0 fully saturated rings. The van der Waals surface area contributed by atoms with Gasteiger partial charge in [-0.05, 0) is 12.1 Å². The zero-order chi connectivity index (χ0) is 13.8. The molecule has 1 aromatic carbocycles. The van der Waals surface area contributed by atoms with Crippen molar-refractivity contribution in [2.24, 2.45) is 7.05 Å². The highest BCUT2D eigenvalue weighted by atomic mass is 16.6.